The molecule has 0 radical (unpaired) electrons. The molecule has 1 amide bonds. The number of aliphatic hydroxyl groups excluding tert-OH is 1. The average Bonchev–Trinajstić information content (AvgIpc) is 2.39. The minimum atomic E-state index is -0.596. The molecule has 1 aromatic carbocycles. The van der Waals surface area contributed by atoms with Gasteiger partial charge in [0, 0.05) is 13.1 Å². The highest BCUT2D eigenvalue weighted by atomic mass is 16.3. The second-order valence-electron chi connectivity index (χ2n) is 4.94. The molecule has 98 valence electrons. The van der Waals surface area contributed by atoms with Crippen LogP contribution in [0.4, 0.5) is 0 Å². The van der Waals surface area contributed by atoms with Gasteiger partial charge in [0.05, 0.1) is 6.10 Å². The molecule has 1 aliphatic heterocycles. The summed E-state index contributed by atoms with van der Waals surface area (Å²) >= 11 is 0. The van der Waals surface area contributed by atoms with Crippen LogP contribution in [0, 0.1) is 6.92 Å². The molecular formula is C14H20N2O2. The van der Waals surface area contributed by atoms with Crippen LogP contribution < -0.4 is 5.73 Å². The van der Waals surface area contributed by atoms with E-state index in [0.29, 0.717) is 25.9 Å². The van der Waals surface area contributed by atoms with Gasteiger partial charge < -0.3 is 15.7 Å². The maximum absolute atomic E-state index is 12.2. The van der Waals surface area contributed by atoms with Crippen LogP contribution in [0.25, 0.3) is 0 Å². The van der Waals surface area contributed by atoms with Crippen molar-refractivity contribution in [3.8, 4) is 0 Å². The van der Waals surface area contributed by atoms with Gasteiger partial charge in [-0.15, -0.1) is 0 Å². The number of nitrogens with zero attached hydrogens (tertiary/aromatic N) is 1. The SMILES string of the molecule is Cc1ccc(C(N)C(=O)N2CCC(O)CC2)cc1. The molecule has 2 rings (SSSR count). The summed E-state index contributed by atoms with van der Waals surface area (Å²) in [6.45, 7) is 3.20. The Bertz CT molecular complexity index is 408. The second-order valence-corrected chi connectivity index (χ2v) is 4.94. The molecule has 0 spiro atoms. The number of carbonyl (C=O) groups is 1. The first-order chi connectivity index (χ1) is 8.58. The van der Waals surface area contributed by atoms with Gasteiger partial charge in [0.25, 0.3) is 0 Å². The largest absolute Gasteiger partial charge is 0.393 e. The number of hydrogen-bond acceptors (Lipinski definition) is 3. The van der Waals surface area contributed by atoms with Crippen molar-refractivity contribution in [3.05, 3.63) is 35.4 Å². The molecular weight excluding hydrogens is 228 g/mol. The topological polar surface area (TPSA) is 66.6 Å². The molecule has 1 saturated heterocycles. The Hall–Kier alpha value is -1.39. The molecule has 0 saturated carbocycles. The van der Waals surface area contributed by atoms with Crippen LogP contribution in [0.5, 0.6) is 0 Å². The van der Waals surface area contributed by atoms with Crippen LogP contribution in [0.3, 0.4) is 0 Å². The third-order valence-corrected chi connectivity index (χ3v) is 3.48. The lowest BCUT2D eigenvalue weighted by molar-refractivity contribution is -0.134. The lowest BCUT2D eigenvalue weighted by Gasteiger charge is -2.31. The van der Waals surface area contributed by atoms with E-state index in [1.807, 2.05) is 31.2 Å². The number of rotatable bonds is 2. The first kappa shape index (κ1) is 13.1. The summed E-state index contributed by atoms with van der Waals surface area (Å²) in [6.07, 6.45) is 1.02. The van der Waals surface area contributed by atoms with Crippen LogP contribution >= 0.6 is 0 Å². The molecule has 4 heteroatoms. The predicted octanol–water partition coefficient (Wildman–Crippen LogP) is 0.978. The maximum atomic E-state index is 12.2. The molecule has 1 aliphatic rings. The smallest absolute Gasteiger partial charge is 0.244 e. The van der Waals surface area contributed by atoms with E-state index in [-0.39, 0.29) is 12.0 Å². The molecule has 1 heterocycles. The van der Waals surface area contributed by atoms with E-state index in [1.54, 1.807) is 4.90 Å². The summed E-state index contributed by atoms with van der Waals surface area (Å²) in [4.78, 5) is 14.0. The van der Waals surface area contributed by atoms with Crippen molar-refractivity contribution in [3.63, 3.8) is 0 Å². The Labute approximate surface area is 107 Å². The molecule has 1 unspecified atom stereocenters. The molecule has 1 aromatic rings. The van der Waals surface area contributed by atoms with Gasteiger partial charge in [-0.3, -0.25) is 4.79 Å². The highest BCUT2D eigenvalue weighted by Crippen LogP contribution is 2.17. The number of likely N-dealkylation sites (tertiary alicyclic amines) is 1. The van der Waals surface area contributed by atoms with E-state index in [1.165, 1.54) is 0 Å². The highest BCUT2D eigenvalue weighted by Gasteiger charge is 2.26. The van der Waals surface area contributed by atoms with Crippen molar-refractivity contribution in [2.75, 3.05) is 13.1 Å². The van der Waals surface area contributed by atoms with E-state index >= 15 is 0 Å². The first-order valence-electron chi connectivity index (χ1n) is 6.37. The lowest BCUT2D eigenvalue weighted by Crippen LogP contribution is -2.44. The van der Waals surface area contributed by atoms with Crippen molar-refractivity contribution in [2.24, 2.45) is 5.73 Å². The third-order valence-electron chi connectivity index (χ3n) is 3.48. The summed E-state index contributed by atoms with van der Waals surface area (Å²) in [7, 11) is 0. The van der Waals surface area contributed by atoms with Crippen molar-refractivity contribution < 1.29 is 9.90 Å². The van der Waals surface area contributed by atoms with E-state index in [9.17, 15) is 9.90 Å². The number of aliphatic hydroxyl groups is 1. The quantitative estimate of drug-likeness (QED) is 0.820. The predicted molar refractivity (Wildman–Crippen MR) is 69.9 cm³/mol. The fourth-order valence-corrected chi connectivity index (χ4v) is 2.20. The summed E-state index contributed by atoms with van der Waals surface area (Å²) < 4.78 is 0. The molecule has 1 atom stereocenters. The zero-order valence-electron chi connectivity index (χ0n) is 10.7. The van der Waals surface area contributed by atoms with Gasteiger partial charge in [0.1, 0.15) is 6.04 Å². The van der Waals surface area contributed by atoms with E-state index in [2.05, 4.69) is 0 Å². The van der Waals surface area contributed by atoms with Gasteiger partial charge in [0.2, 0.25) is 5.91 Å². The molecule has 3 N–H and O–H groups in total. The molecule has 0 aliphatic carbocycles. The number of amides is 1. The molecule has 4 nitrogen and oxygen atoms in total. The minimum Gasteiger partial charge on any atom is -0.393 e. The van der Waals surface area contributed by atoms with Gasteiger partial charge in [-0.05, 0) is 25.3 Å². The van der Waals surface area contributed by atoms with Crippen LogP contribution in [-0.4, -0.2) is 35.1 Å². The molecule has 0 aromatic heterocycles. The summed E-state index contributed by atoms with van der Waals surface area (Å²) in [5.41, 5.74) is 8.00. The second kappa shape index (κ2) is 5.50. The van der Waals surface area contributed by atoms with Crippen LogP contribution in [0.15, 0.2) is 24.3 Å². The Kier molecular flexibility index (Phi) is 3.99. The lowest BCUT2D eigenvalue weighted by atomic mass is 10.0. The standard InChI is InChI=1S/C14H20N2O2/c1-10-2-4-11(5-3-10)13(15)14(18)16-8-6-12(17)7-9-16/h2-5,12-13,17H,6-9,15H2,1H3. The van der Waals surface area contributed by atoms with Gasteiger partial charge in [-0.2, -0.15) is 0 Å². The van der Waals surface area contributed by atoms with E-state index < -0.39 is 6.04 Å². The zero-order valence-corrected chi connectivity index (χ0v) is 10.7. The Balaban J connectivity index is 2.02. The third kappa shape index (κ3) is 2.89. The van der Waals surface area contributed by atoms with Gasteiger partial charge in [-0.1, -0.05) is 29.8 Å². The Morgan fingerprint density at radius 3 is 2.44 bits per heavy atom. The zero-order chi connectivity index (χ0) is 13.1. The molecule has 18 heavy (non-hydrogen) atoms. The Morgan fingerprint density at radius 2 is 1.89 bits per heavy atom. The number of piperidine rings is 1. The van der Waals surface area contributed by atoms with Gasteiger partial charge in [-0.25, -0.2) is 0 Å². The van der Waals surface area contributed by atoms with E-state index in [4.69, 9.17) is 5.73 Å². The van der Waals surface area contributed by atoms with Crippen molar-refractivity contribution in [1.82, 2.24) is 4.90 Å². The van der Waals surface area contributed by atoms with Crippen LogP contribution in [0.1, 0.15) is 30.0 Å². The average molecular weight is 248 g/mol. The fourth-order valence-electron chi connectivity index (χ4n) is 2.20. The first-order valence-corrected chi connectivity index (χ1v) is 6.37. The molecule has 1 fully saturated rings. The van der Waals surface area contributed by atoms with E-state index in [0.717, 1.165) is 11.1 Å². The number of carbonyl (C=O) groups excluding carboxylic acids is 1. The van der Waals surface area contributed by atoms with Gasteiger partial charge in [0.15, 0.2) is 0 Å². The molecule has 0 bridgehead atoms. The van der Waals surface area contributed by atoms with Crippen molar-refractivity contribution in [1.29, 1.82) is 0 Å². The number of benzene rings is 1. The number of hydrogen-bond donors (Lipinski definition) is 2. The monoisotopic (exact) mass is 248 g/mol. The van der Waals surface area contributed by atoms with Crippen molar-refractivity contribution in [2.45, 2.75) is 31.9 Å². The minimum absolute atomic E-state index is 0.0502. The number of nitrogens with two attached hydrogens (primary N) is 1. The van der Waals surface area contributed by atoms with Crippen LogP contribution in [-0.2, 0) is 4.79 Å². The Morgan fingerprint density at radius 1 is 1.33 bits per heavy atom. The summed E-state index contributed by atoms with van der Waals surface area (Å²) in [5.74, 6) is -0.0502. The van der Waals surface area contributed by atoms with Gasteiger partial charge >= 0.3 is 0 Å². The summed E-state index contributed by atoms with van der Waals surface area (Å²) in [6, 6.07) is 7.12. The fraction of sp³-hybridized carbons (Fsp3) is 0.500. The summed E-state index contributed by atoms with van der Waals surface area (Å²) in [5, 5.41) is 9.43. The maximum Gasteiger partial charge on any atom is 0.244 e. The normalized spacial score (nSPS) is 18.7. The van der Waals surface area contributed by atoms with Crippen LogP contribution in [0.2, 0.25) is 0 Å². The number of aryl methyl sites for hydroxylation is 1. The van der Waals surface area contributed by atoms with Crippen molar-refractivity contribution >= 4 is 5.91 Å². The highest BCUT2D eigenvalue weighted by molar-refractivity contribution is 5.83.